The Bertz CT molecular complexity index is 132. The zero-order chi connectivity index (χ0) is 8.53. The number of aliphatic carboxylic acids is 1. The van der Waals surface area contributed by atoms with Gasteiger partial charge in [0, 0.05) is 11.8 Å². The molecular formula is C8H13BrO2. The summed E-state index contributed by atoms with van der Waals surface area (Å²) in [5.74, 6) is -0.727. The van der Waals surface area contributed by atoms with Gasteiger partial charge < -0.3 is 5.11 Å². The Kier molecular flexibility index (Phi) is 7.57. The first-order valence-electron chi connectivity index (χ1n) is 3.70. The molecule has 0 rings (SSSR count). The smallest absolute Gasteiger partial charge is 0.303 e. The Labute approximate surface area is 75.4 Å². The molecule has 0 atom stereocenters. The fraction of sp³-hybridized carbons (Fsp3) is 0.625. The predicted octanol–water partition coefficient (Wildman–Crippen LogP) is 2.58. The number of carbonyl (C=O) groups is 1. The molecule has 64 valence electrons. The molecule has 2 nitrogen and oxygen atoms in total. The third-order valence-corrected chi connectivity index (χ3v) is 1.76. The molecule has 0 aromatic heterocycles. The van der Waals surface area contributed by atoms with Crippen LogP contribution in [0, 0.1) is 0 Å². The van der Waals surface area contributed by atoms with Crippen molar-refractivity contribution >= 4 is 21.9 Å². The summed E-state index contributed by atoms with van der Waals surface area (Å²) in [5.41, 5.74) is 0. The first-order valence-corrected chi connectivity index (χ1v) is 4.82. The predicted molar refractivity (Wildman–Crippen MR) is 49.0 cm³/mol. The molecule has 0 fully saturated rings. The quantitative estimate of drug-likeness (QED) is 0.425. The molecule has 0 radical (unpaired) electrons. The monoisotopic (exact) mass is 220 g/mol. The Morgan fingerprint density at radius 1 is 1.36 bits per heavy atom. The SMILES string of the molecule is O=C(O)CC/C=C/CCCBr. The van der Waals surface area contributed by atoms with Gasteiger partial charge in [0.1, 0.15) is 0 Å². The highest BCUT2D eigenvalue weighted by molar-refractivity contribution is 9.09. The van der Waals surface area contributed by atoms with Gasteiger partial charge in [0.25, 0.3) is 0 Å². The molecule has 0 saturated carbocycles. The van der Waals surface area contributed by atoms with Crippen molar-refractivity contribution in [1.82, 2.24) is 0 Å². The minimum Gasteiger partial charge on any atom is -0.481 e. The number of allylic oxidation sites excluding steroid dienone is 2. The zero-order valence-corrected chi connectivity index (χ0v) is 8.01. The highest BCUT2D eigenvalue weighted by atomic mass is 79.9. The van der Waals surface area contributed by atoms with Crippen molar-refractivity contribution < 1.29 is 9.90 Å². The fourth-order valence-corrected chi connectivity index (χ4v) is 0.961. The summed E-state index contributed by atoms with van der Waals surface area (Å²) >= 11 is 3.31. The molecule has 0 saturated heterocycles. The van der Waals surface area contributed by atoms with Crippen LogP contribution in [0.5, 0.6) is 0 Å². The summed E-state index contributed by atoms with van der Waals surface area (Å²) in [5, 5.41) is 9.28. The van der Waals surface area contributed by atoms with Crippen LogP contribution in [0.25, 0.3) is 0 Å². The van der Waals surface area contributed by atoms with Gasteiger partial charge in [-0.05, 0) is 19.3 Å². The minimum atomic E-state index is -0.727. The second-order valence-corrected chi connectivity index (χ2v) is 3.03. The van der Waals surface area contributed by atoms with Crippen LogP contribution in [0.4, 0.5) is 0 Å². The van der Waals surface area contributed by atoms with Crippen molar-refractivity contribution in [2.24, 2.45) is 0 Å². The second-order valence-electron chi connectivity index (χ2n) is 2.24. The maximum atomic E-state index is 10.0. The summed E-state index contributed by atoms with van der Waals surface area (Å²) < 4.78 is 0. The molecular weight excluding hydrogens is 208 g/mol. The highest BCUT2D eigenvalue weighted by Gasteiger charge is 1.90. The van der Waals surface area contributed by atoms with Crippen molar-refractivity contribution in [2.75, 3.05) is 5.33 Å². The number of hydrogen-bond donors (Lipinski definition) is 1. The van der Waals surface area contributed by atoms with Crippen LogP contribution in [0.2, 0.25) is 0 Å². The van der Waals surface area contributed by atoms with Crippen LogP contribution in [-0.4, -0.2) is 16.4 Å². The maximum Gasteiger partial charge on any atom is 0.303 e. The summed E-state index contributed by atoms with van der Waals surface area (Å²) in [7, 11) is 0. The molecule has 0 heterocycles. The van der Waals surface area contributed by atoms with E-state index in [9.17, 15) is 4.79 Å². The lowest BCUT2D eigenvalue weighted by Crippen LogP contribution is -1.91. The van der Waals surface area contributed by atoms with E-state index in [2.05, 4.69) is 15.9 Å². The fourth-order valence-electron chi connectivity index (χ4n) is 0.638. The Hall–Kier alpha value is -0.310. The van der Waals surface area contributed by atoms with E-state index in [1.807, 2.05) is 12.2 Å². The molecule has 1 N–H and O–H groups in total. The first kappa shape index (κ1) is 10.7. The summed E-state index contributed by atoms with van der Waals surface area (Å²) in [6, 6.07) is 0. The molecule has 0 aromatic carbocycles. The first-order chi connectivity index (χ1) is 5.27. The topological polar surface area (TPSA) is 37.3 Å². The number of carboxylic acids is 1. The largest absolute Gasteiger partial charge is 0.481 e. The van der Waals surface area contributed by atoms with Crippen LogP contribution >= 0.6 is 15.9 Å². The van der Waals surface area contributed by atoms with E-state index < -0.39 is 5.97 Å². The van der Waals surface area contributed by atoms with Gasteiger partial charge in [-0.1, -0.05) is 28.1 Å². The van der Waals surface area contributed by atoms with Gasteiger partial charge >= 0.3 is 5.97 Å². The highest BCUT2D eigenvalue weighted by Crippen LogP contribution is 1.97. The molecule has 3 heteroatoms. The van der Waals surface area contributed by atoms with Crippen LogP contribution in [0.15, 0.2) is 12.2 Å². The van der Waals surface area contributed by atoms with E-state index in [1.54, 1.807) is 0 Å². The number of rotatable bonds is 6. The van der Waals surface area contributed by atoms with Crippen molar-refractivity contribution in [3.63, 3.8) is 0 Å². The standard InChI is InChI=1S/C8H13BrO2/c9-7-5-3-1-2-4-6-8(10)11/h1-2H,3-7H2,(H,10,11)/b2-1+. The van der Waals surface area contributed by atoms with E-state index in [4.69, 9.17) is 5.11 Å². The van der Waals surface area contributed by atoms with Crippen molar-refractivity contribution in [3.8, 4) is 0 Å². The Balaban J connectivity index is 3.10. The third-order valence-electron chi connectivity index (χ3n) is 1.20. The van der Waals surface area contributed by atoms with Gasteiger partial charge in [-0.2, -0.15) is 0 Å². The lowest BCUT2D eigenvalue weighted by atomic mass is 10.2. The average Bonchev–Trinajstić information content (AvgIpc) is 1.96. The van der Waals surface area contributed by atoms with Crippen molar-refractivity contribution in [1.29, 1.82) is 0 Å². The molecule has 11 heavy (non-hydrogen) atoms. The molecule has 0 aromatic rings. The summed E-state index contributed by atoms with van der Waals surface area (Å²) in [4.78, 5) is 10.0. The van der Waals surface area contributed by atoms with Gasteiger partial charge in [0.2, 0.25) is 0 Å². The third kappa shape index (κ3) is 9.69. The van der Waals surface area contributed by atoms with Crippen molar-refractivity contribution in [2.45, 2.75) is 25.7 Å². The molecule has 0 aliphatic carbocycles. The molecule has 0 amide bonds. The van der Waals surface area contributed by atoms with Gasteiger partial charge in [0.15, 0.2) is 0 Å². The maximum absolute atomic E-state index is 10.0. The Morgan fingerprint density at radius 3 is 2.55 bits per heavy atom. The zero-order valence-electron chi connectivity index (χ0n) is 6.42. The van der Waals surface area contributed by atoms with Crippen LogP contribution < -0.4 is 0 Å². The van der Waals surface area contributed by atoms with Gasteiger partial charge in [-0.15, -0.1) is 0 Å². The molecule has 0 bridgehead atoms. The number of alkyl halides is 1. The normalized spacial score (nSPS) is 10.6. The summed E-state index contributed by atoms with van der Waals surface area (Å²) in [6.07, 6.45) is 7.00. The van der Waals surface area contributed by atoms with E-state index in [-0.39, 0.29) is 6.42 Å². The number of hydrogen-bond acceptors (Lipinski definition) is 1. The van der Waals surface area contributed by atoms with Crippen LogP contribution in [-0.2, 0) is 4.79 Å². The van der Waals surface area contributed by atoms with Gasteiger partial charge in [-0.25, -0.2) is 0 Å². The lowest BCUT2D eigenvalue weighted by molar-refractivity contribution is -0.136. The van der Waals surface area contributed by atoms with Crippen LogP contribution in [0.1, 0.15) is 25.7 Å². The van der Waals surface area contributed by atoms with Gasteiger partial charge in [-0.3, -0.25) is 4.79 Å². The Morgan fingerprint density at radius 2 is 2.00 bits per heavy atom. The van der Waals surface area contributed by atoms with E-state index >= 15 is 0 Å². The van der Waals surface area contributed by atoms with E-state index in [1.165, 1.54) is 0 Å². The molecule has 0 aliphatic rings. The molecule has 0 spiro atoms. The molecule has 0 unspecified atom stereocenters. The number of unbranched alkanes of at least 4 members (excludes halogenated alkanes) is 1. The minimum absolute atomic E-state index is 0.241. The summed E-state index contributed by atoms with van der Waals surface area (Å²) in [6.45, 7) is 0. The second kappa shape index (κ2) is 7.79. The van der Waals surface area contributed by atoms with Crippen LogP contribution in [0.3, 0.4) is 0 Å². The lowest BCUT2D eigenvalue weighted by Gasteiger charge is -1.88. The van der Waals surface area contributed by atoms with E-state index in [0.29, 0.717) is 6.42 Å². The van der Waals surface area contributed by atoms with Gasteiger partial charge in [0.05, 0.1) is 0 Å². The van der Waals surface area contributed by atoms with E-state index in [0.717, 1.165) is 18.2 Å². The number of halogens is 1. The molecule has 0 aliphatic heterocycles. The average molecular weight is 221 g/mol. The van der Waals surface area contributed by atoms with Crippen molar-refractivity contribution in [3.05, 3.63) is 12.2 Å². The number of carboxylic acid groups (broad SMARTS) is 1.